The quantitative estimate of drug-likeness (QED) is 0.0431. The summed E-state index contributed by atoms with van der Waals surface area (Å²) >= 11 is 18.9. The topological polar surface area (TPSA) is 135 Å². The summed E-state index contributed by atoms with van der Waals surface area (Å²) in [5.41, 5.74) is 15.2. The normalized spacial score (nSPS) is 15.5. The fraction of sp³-hybridized carbons (Fsp3) is 0.406. The van der Waals surface area contributed by atoms with Gasteiger partial charge in [0.05, 0.1) is 52.0 Å². The van der Waals surface area contributed by atoms with Gasteiger partial charge in [0, 0.05) is 159 Å². The van der Waals surface area contributed by atoms with Crippen LogP contribution in [0.15, 0.2) is 195 Å². The summed E-state index contributed by atoms with van der Waals surface area (Å²) < 4.78 is 26.2. The molecule has 16 rings (SSSR count). The maximum atomic E-state index is 12.1. The van der Waals surface area contributed by atoms with Crippen LogP contribution in [0.3, 0.4) is 0 Å². The first kappa shape index (κ1) is 89.2. The van der Waals surface area contributed by atoms with Crippen molar-refractivity contribution in [3.05, 3.63) is 260 Å². The number of hydrogen-bond acceptors (Lipinski definition) is 13. The van der Waals surface area contributed by atoms with Crippen molar-refractivity contribution in [3.63, 3.8) is 0 Å². The summed E-state index contributed by atoms with van der Waals surface area (Å²) in [5, 5.41) is 6.57. The molecule has 0 spiro atoms. The molecule has 638 valence electrons. The average molecular weight is 1690 g/mol. The number of aryl methyl sites for hydroxylation is 7. The molecule has 0 saturated carbocycles. The summed E-state index contributed by atoms with van der Waals surface area (Å²) in [6, 6.07) is 56.9. The average Bonchev–Trinajstić information content (AvgIpc) is 1.65. The minimum absolute atomic E-state index is 0.0858. The van der Waals surface area contributed by atoms with Crippen molar-refractivity contribution in [1.29, 1.82) is 0 Å². The highest BCUT2D eigenvalue weighted by Crippen LogP contribution is 2.37. The number of carbonyl (C=O) groups excluding carboxylic acids is 4. The van der Waals surface area contributed by atoms with Gasteiger partial charge in [-0.25, -0.2) is 0 Å². The van der Waals surface area contributed by atoms with Crippen molar-refractivity contribution >= 4 is 107 Å². The summed E-state index contributed by atoms with van der Waals surface area (Å²) in [6.07, 6.45) is 18.2. The lowest BCUT2D eigenvalue weighted by Crippen LogP contribution is -2.46. The monoisotopic (exact) mass is 1690 g/mol. The zero-order valence-electron chi connectivity index (χ0n) is 72.3. The Morgan fingerprint density at radius 3 is 1.17 bits per heavy atom. The van der Waals surface area contributed by atoms with E-state index in [0.717, 1.165) is 258 Å². The molecule has 121 heavy (non-hydrogen) atoms. The number of ether oxygens (including phenoxy) is 3. The number of piperidine rings is 2. The van der Waals surface area contributed by atoms with Crippen LogP contribution in [-0.2, 0) is 32.7 Å². The van der Waals surface area contributed by atoms with Gasteiger partial charge in [0.25, 0.3) is 0 Å². The van der Waals surface area contributed by atoms with E-state index in [0.29, 0.717) is 10.9 Å². The number of benzene rings is 8. The van der Waals surface area contributed by atoms with Gasteiger partial charge in [-0.2, -0.15) is 0 Å². The molecule has 17 nitrogen and oxygen atoms in total. The van der Waals surface area contributed by atoms with Gasteiger partial charge in [-0.05, 0) is 235 Å². The number of fused-ring (bicyclic) bond motifs is 4. The highest BCUT2D eigenvalue weighted by molar-refractivity contribution is 6.33. The number of Topliss-reactive ketones (excluding diaryl/α,β-unsaturated/α-hetero) is 4. The van der Waals surface area contributed by atoms with Crippen molar-refractivity contribution in [2.24, 2.45) is 0 Å². The molecular formula is C101H121Cl3N10O7. The zero-order valence-corrected chi connectivity index (χ0v) is 74.6. The molecule has 4 aliphatic heterocycles. The molecule has 12 aromatic rings. The van der Waals surface area contributed by atoms with Gasteiger partial charge in [0.1, 0.15) is 23.4 Å². The third kappa shape index (κ3) is 22.7. The Morgan fingerprint density at radius 2 is 0.711 bits per heavy atom. The number of carbonyl (C=O) groups is 4. The summed E-state index contributed by atoms with van der Waals surface area (Å²) in [5.74, 6) is 3.71. The van der Waals surface area contributed by atoms with E-state index in [2.05, 4.69) is 141 Å². The SMILES string of the molecule is CC(=O)c1cn(CCCN2CCC(Oc3ccccc3Cl)CC2)c2c(C)cccc12.CC(=O)c1cn(CCCN2CCCN(Cc3ccccc3Cl)CC2)c2c(C)cccc12.COc1cccc2c(C(C)=O)cn(CCCN3CCN(c4ccccc4Cl)CC3)c12.COc1ccccc1C1CCN(CCCn2cc(C(C)=O)c3cccc(C)c32)CC1. The first-order valence-corrected chi connectivity index (χ1v) is 44.7. The lowest BCUT2D eigenvalue weighted by molar-refractivity contribution is 0.0993. The number of piperazine rings is 1. The highest BCUT2D eigenvalue weighted by Gasteiger charge is 2.27. The molecule has 4 aromatic heterocycles. The van der Waals surface area contributed by atoms with Crippen molar-refractivity contribution in [2.75, 3.05) is 124 Å². The van der Waals surface area contributed by atoms with E-state index < -0.39 is 0 Å². The van der Waals surface area contributed by atoms with Crippen LogP contribution in [0.4, 0.5) is 5.69 Å². The number of para-hydroxylation sites is 7. The van der Waals surface area contributed by atoms with E-state index in [1.165, 1.54) is 63.6 Å². The van der Waals surface area contributed by atoms with Gasteiger partial charge in [-0.3, -0.25) is 29.0 Å². The Balaban J connectivity index is 0.000000139. The van der Waals surface area contributed by atoms with Crippen LogP contribution in [-0.4, -0.2) is 191 Å². The molecule has 0 unspecified atom stereocenters. The smallest absolute Gasteiger partial charge is 0.161 e. The van der Waals surface area contributed by atoms with Gasteiger partial charge in [-0.15, -0.1) is 0 Å². The predicted molar refractivity (Wildman–Crippen MR) is 498 cm³/mol. The summed E-state index contributed by atoms with van der Waals surface area (Å²) in [7, 11) is 3.44. The minimum Gasteiger partial charge on any atom is -0.496 e. The number of anilines is 1. The Kier molecular flexibility index (Phi) is 31.7. The molecular weight excluding hydrogens is 1570 g/mol. The maximum absolute atomic E-state index is 12.1. The van der Waals surface area contributed by atoms with Crippen molar-refractivity contribution < 1.29 is 33.4 Å². The largest absolute Gasteiger partial charge is 0.496 e. The van der Waals surface area contributed by atoms with E-state index >= 15 is 0 Å². The molecule has 20 heteroatoms. The van der Waals surface area contributed by atoms with Gasteiger partial charge in [0.2, 0.25) is 0 Å². The van der Waals surface area contributed by atoms with Crippen LogP contribution in [0.1, 0.15) is 161 Å². The lowest BCUT2D eigenvalue weighted by Gasteiger charge is -2.36. The van der Waals surface area contributed by atoms with Crippen LogP contribution >= 0.6 is 34.8 Å². The minimum atomic E-state index is 0.0858. The fourth-order valence-electron chi connectivity index (χ4n) is 18.5. The number of halogens is 3. The fourth-order valence-corrected chi connectivity index (χ4v) is 19.1. The summed E-state index contributed by atoms with van der Waals surface area (Å²) in [6.45, 7) is 34.6. The molecule has 0 atom stereocenters. The Labute approximate surface area is 730 Å². The number of nitrogens with zero attached hydrogens (tertiary/aromatic N) is 10. The second kappa shape index (κ2) is 43.0. The molecule has 8 heterocycles. The molecule has 4 saturated heterocycles. The highest BCUT2D eigenvalue weighted by atomic mass is 35.5. The number of hydrogen-bond donors (Lipinski definition) is 0. The van der Waals surface area contributed by atoms with Gasteiger partial charge >= 0.3 is 0 Å². The van der Waals surface area contributed by atoms with Crippen LogP contribution in [0.2, 0.25) is 15.1 Å². The zero-order chi connectivity index (χ0) is 85.1. The lowest BCUT2D eigenvalue weighted by atomic mass is 9.89. The van der Waals surface area contributed by atoms with Gasteiger partial charge in [-0.1, -0.05) is 162 Å². The molecule has 4 aliphatic rings. The Bertz CT molecular complexity index is 5510. The molecule has 0 amide bonds. The van der Waals surface area contributed by atoms with E-state index in [4.69, 9.17) is 49.0 Å². The van der Waals surface area contributed by atoms with Crippen LogP contribution < -0.4 is 19.1 Å². The summed E-state index contributed by atoms with van der Waals surface area (Å²) in [4.78, 5) is 63.3. The number of ketones is 4. The number of likely N-dealkylation sites (tertiary alicyclic amines) is 2. The van der Waals surface area contributed by atoms with Crippen LogP contribution in [0, 0.1) is 20.8 Å². The van der Waals surface area contributed by atoms with E-state index in [9.17, 15) is 19.2 Å². The molecule has 4 fully saturated rings. The second-order valence-electron chi connectivity index (χ2n) is 33.1. The Hall–Kier alpha value is -9.53. The second-order valence-corrected chi connectivity index (χ2v) is 34.4. The molecule has 0 radical (unpaired) electrons. The predicted octanol–water partition coefficient (Wildman–Crippen LogP) is 21.3. The van der Waals surface area contributed by atoms with Crippen LogP contribution in [0.5, 0.6) is 17.2 Å². The molecule has 0 bridgehead atoms. The van der Waals surface area contributed by atoms with Crippen molar-refractivity contribution in [2.45, 2.75) is 151 Å². The third-order valence-corrected chi connectivity index (χ3v) is 25.8. The maximum Gasteiger partial charge on any atom is 0.161 e. The first-order chi connectivity index (χ1) is 58.7. The van der Waals surface area contributed by atoms with Crippen LogP contribution in [0.25, 0.3) is 43.6 Å². The molecule has 0 N–H and O–H groups in total. The number of aromatic nitrogens is 4. The molecule has 0 aliphatic carbocycles. The Morgan fingerprint density at radius 1 is 0.347 bits per heavy atom. The number of methoxy groups -OCH3 is 2. The standard InChI is InChI=1S/C26H32ClN3O.C26H32N2O2.C25H29ClN2O2.C24H28ClN3O2/c1-20-8-5-10-23-24(21(2)31)19-30(26(20)23)15-7-13-28-12-6-14-29(17-16-28)18-22-9-3-4-11-25(22)27;1-19-8-6-10-23-24(20(2)29)18-28(26(19)23)15-7-14-27-16-12-21(13-17-27)22-9-4-5-11-25(22)30-3;1-18-7-5-8-21-22(19(2)29)17-28(25(18)21)14-6-13-27-15-11-20(12-16-27)30-24-10-4-3-9-23(24)26;1-18(29)20-17-28(24-19(20)7-5-10-23(24)30-2)12-6-11-26-13-15-27(16-14-26)22-9-4-3-8-21(22)25/h3-5,8-11,19H,6-7,12-18H2,1-2H3;4-6,8-11,18,21H,7,12-17H2,1-3H3;3-5,7-10,17,20H,6,11-16H2,1-2H3;3-5,7-10,17H,6,11-16H2,1-2H3. The van der Waals surface area contributed by atoms with Crippen molar-refractivity contribution in [1.82, 2.24) is 42.8 Å². The van der Waals surface area contributed by atoms with Gasteiger partial charge in [0.15, 0.2) is 23.1 Å². The molecule has 8 aromatic carbocycles. The van der Waals surface area contributed by atoms with E-state index in [1.807, 2.05) is 122 Å². The third-order valence-electron chi connectivity index (χ3n) is 24.8. The van der Waals surface area contributed by atoms with E-state index in [1.54, 1.807) is 41.9 Å². The van der Waals surface area contributed by atoms with Crippen molar-refractivity contribution in [3.8, 4) is 17.2 Å². The van der Waals surface area contributed by atoms with Gasteiger partial charge < -0.3 is 52.1 Å². The number of rotatable bonds is 28. The van der Waals surface area contributed by atoms with E-state index in [-0.39, 0.29) is 29.2 Å². The first-order valence-electron chi connectivity index (χ1n) is 43.6.